The molecule has 2 aromatic rings. The number of amides is 2. The van der Waals surface area contributed by atoms with Crippen LogP contribution < -0.4 is 15.0 Å². The molecule has 1 aliphatic heterocycles. The Labute approximate surface area is 157 Å². The van der Waals surface area contributed by atoms with Gasteiger partial charge in [0.2, 0.25) is 5.91 Å². The Morgan fingerprint density at radius 1 is 1.23 bits per heavy atom. The van der Waals surface area contributed by atoms with Crippen molar-refractivity contribution in [3.05, 3.63) is 58.6 Å². The predicted molar refractivity (Wildman–Crippen MR) is 102 cm³/mol. The van der Waals surface area contributed by atoms with Crippen molar-refractivity contribution in [3.8, 4) is 5.75 Å². The SMILES string of the molecule is CC(=O)NC1C(=O)N(CCCOc2ccc(C)cc2)c2ccc(Cl)cc21. The summed E-state index contributed by atoms with van der Waals surface area (Å²) in [5.74, 6) is 0.415. The zero-order chi connectivity index (χ0) is 18.7. The Hall–Kier alpha value is -2.53. The topological polar surface area (TPSA) is 58.6 Å². The molecule has 0 saturated heterocycles. The first-order valence-corrected chi connectivity index (χ1v) is 8.91. The molecule has 1 aliphatic rings. The molecular formula is C20H21ClN2O3. The zero-order valence-corrected chi connectivity index (χ0v) is 15.5. The average molecular weight is 373 g/mol. The highest BCUT2D eigenvalue weighted by Gasteiger charge is 2.37. The highest BCUT2D eigenvalue weighted by molar-refractivity contribution is 6.31. The normalized spacial score (nSPS) is 15.7. The van der Waals surface area contributed by atoms with Crippen molar-refractivity contribution in [2.24, 2.45) is 0 Å². The summed E-state index contributed by atoms with van der Waals surface area (Å²) < 4.78 is 5.73. The maximum absolute atomic E-state index is 12.7. The molecule has 0 aliphatic carbocycles. The number of hydrogen-bond donors (Lipinski definition) is 1. The standard InChI is InChI=1S/C20H21ClN2O3/c1-13-4-7-16(8-5-13)26-11-3-10-23-18-9-6-15(21)12-17(18)19(20(23)25)22-14(2)24/h4-9,12,19H,3,10-11H2,1-2H3,(H,22,24). The fourth-order valence-electron chi connectivity index (χ4n) is 3.03. The van der Waals surface area contributed by atoms with Gasteiger partial charge in [0.1, 0.15) is 11.8 Å². The van der Waals surface area contributed by atoms with Crippen LogP contribution in [0.4, 0.5) is 5.69 Å². The lowest BCUT2D eigenvalue weighted by Gasteiger charge is -2.18. The number of carbonyl (C=O) groups excluding carboxylic acids is 2. The molecule has 0 spiro atoms. The lowest BCUT2D eigenvalue weighted by molar-refractivity contribution is -0.126. The molecule has 0 radical (unpaired) electrons. The molecule has 0 bridgehead atoms. The monoisotopic (exact) mass is 372 g/mol. The maximum Gasteiger partial charge on any atom is 0.254 e. The first kappa shape index (κ1) is 18.3. The molecule has 0 saturated carbocycles. The molecule has 26 heavy (non-hydrogen) atoms. The fourth-order valence-corrected chi connectivity index (χ4v) is 3.21. The molecule has 2 aromatic carbocycles. The minimum Gasteiger partial charge on any atom is -0.494 e. The number of nitrogens with one attached hydrogen (secondary N) is 1. The molecule has 1 unspecified atom stereocenters. The molecule has 5 nitrogen and oxygen atoms in total. The molecule has 6 heteroatoms. The number of carbonyl (C=O) groups is 2. The molecule has 0 fully saturated rings. The maximum atomic E-state index is 12.7. The Morgan fingerprint density at radius 2 is 1.96 bits per heavy atom. The number of halogens is 1. The van der Waals surface area contributed by atoms with E-state index in [1.165, 1.54) is 12.5 Å². The lowest BCUT2D eigenvalue weighted by Crippen LogP contribution is -2.37. The lowest BCUT2D eigenvalue weighted by atomic mass is 10.1. The van der Waals surface area contributed by atoms with Crippen molar-refractivity contribution in [1.29, 1.82) is 0 Å². The van der Waals surface area contributed by atoms with Crippen LogP contribution >= 0.6 is 11.6 Å². The van der Waals surface area contributed by atoms with E-state index in [-0.39, 0.29) is 11.8 Å². The zero-order valence-electron chi connectivity index (χ0n) is 14.8. The second kappa shape index (κ2) is 7.79. The summed E-state index contributed by atoms with van der Waals surface area (Å²) in [6, 6.07) is 12.5. The molecule has 3 rings (SSSR count). The Kier molecular flexibility index (Phi) is 5.47. The van der Waals surface area contributed by atoms with E-state index in [9.17, 15) is 9.59 Å². The first-order chi connectivity index (χ1) is 12.5. The Bertz CT molecular complexity index is 820. The summed E-state index contributed by atoms with van der Waals surface area (Å²) >= 11 is 6.06. The van der Waals surface area contributed by atoms with Crippen molar-refractivity contribution >= 4 is 29.1 Å². The minimum absolute atomic E-state index is 0.146. The third kappa shape index (κ3) is 3.99. The molecule has 1 N–H and O–H groups in total. The van der Waals surface area contributed by atoms with Crippen molar-refractivity contribution in [1.82, 2.24) is 5.32 Å². The van der Waals surface area contributed by atoms with Crippen molar-refractivity contribution in [2.45, 2.75) is 26.3 Å². The van der Waals surface area contributed by atoms with Crippen LogP contribution in [0.25, 0.3) is 0 Å². The van der Waals surface area contributed by atoms with Gasteiger partial charge in [0.15, 0.2) is 0 Å². The third-order valence-corrected chi connectivity index (χ3v) is 4.50. The number of rotatable bonds is 6. The van der Waals surface area contributed by atoms with Gasteiger partial charge in [-0.25, -0.2) is 0 Å². The molecule has 0 aromatic heterocycles. The second-order valence-electron chi connectivity index (χ2n) is 6.34. The number of nitrogens with zero attached hydrogens (tertiary/aromatic N) is 1. The van der Waals surface area contributed by atoms with E-state index in [0.29, 0.717) is 24.6 Å². The van der Waals surface area contributed by atoms with Crippen LogP contribution in [-0.2, 0) is 9.59 Å². The molecular weight excluding hydrogens is 352 g/mol. The van der Waals surface area contributed by atoms with Crippen molar-refractivity contribution < 1.29 is 14.3 Å². The first-order valence-electron chi connectivity index (χ1n) is 8.53. The highest BCUT2D eigenvalue weighted by atomic mass is 35.5. The number of fused-ring (bicyclic) bond motifs is 1. The smallest absolute Gasteiger partial charge is 0.254 e. The van der Waals surface area contributed by atoms with Gasteiger partial charge < -0.3 is 15.0 Å². The predicted octanol–water partition coefficient (Wildman–Crippen LogP) is 3.64. The second-order valence-corrected chi connectivity index (χ2v) is 6.78. The van der Waals surface area contributed by atoms with E-state index in [1.54, 1.807) is 17.0 Å². The van der Waals surface area contributed by atoms with Gasteiger partial charge in [-0.2, -0.15) is 0 Å². The molecule has 1 atom stereocenters. The van der Waals surface area contributed by atoms with Crippen LogP contribution in [0.15, 0.2) is 42.5 Å². The van der Waals surface area contributed by atoms with Crippen molar-refractivity contribution in [3.63, 3.8) is 0 Å². The van der Waals surface area contributed by atoms with Gasteiger partial charge >= 0.3 is 0 Å². The minimum atomic E-state index is -0.681. The summed E-state index contributed by atoms with van der Waals surface area (Å²) in [5.41, 5.74) is 2.70. The van der Waals surface area contributed by atoms with Gasteiger partial charge in [-0.1, -0.05) is 29.3 Å². The van der Waals surface area contributed by atoms with Gasteiger partial charge in [0, 0.05) is 29.7 Å². The van der Waals surface area contributed by atoms with E-state index in [1.807, 2.05) is 37.3 Å². The Morgan fingerprint density at radius 3 is 2.65 bits per heavy atom. The molecule has 2 amide bonds. The number of aryl methyl sites for hydroxylation is 1. The van der Waals surface area contributed by atoms with Gasteiger partial charge in [0.05, 0.1) is 6.61 Å². The summed E-state index contributed by atoms with van der Waals surface area (Å²) in [6.07, 6.45) is 0.675. The summed E-state index contributed by atoms with van der Waals surface area (Å²) in [6.45, 7) is 4.43. The number of benzene rings is 2. The highest BCUT2D eigenvalue weighted by Crippen LogP contribution is 2.37. The largest absolute Gasteiger partial charge is 0.494 e. The number of hydrogen-bond acceptors (Lipinski definition) is 3. The van der Waals surface area contributed by atoms with E-state index >= 15 is 0 Å². The fraction of sp³-hybridized carbons (Fsp3) is 0.300. The van der Waals surface area contributed by atoms with Crippen LogP contribution in [0.5, 0.6) is 5.75 Å². The van der Waals surface area contributed by atoms with Crippen LogP contribution in [0.1, 0.15) is 30.5 Å². The van der Waals surface area contributed by atoms with E-state index in [4.69, 9.17) is 16.3 Å². The summed E-state index contributed by atoms with van der Waals surface area (Å²) in [4.78, 5) is 25.9. The van der Waals surface area contributed by atoms with E-state index < -0.39 is 6.04 Å². The molecule has 136 valence electrons. The molecule has 1 heterocycles. The van der Waals surface area contributed by atoms with Crippen molar-refractivity contribution in [2.75, 3.05) is 18.1 Å². The van der Waals surface area contributed by atoms with Crippen LogP contribution in [0.2, 0.25) is 5.02 Å². The van der Waals surface area contributed by atoms with E-state index in [2.05, 4.69) is 5.32 Å². The van der Waals surface area contributed by atoms with Crippen LogP contribution in [0.3, 0.4) is 0 Å². The quantitative estimate of drug-likeness (QED) is 0.787. The van der Waals surface area contributed by atoms with Crippen LogP contribution in [-0.4, -0.2) is 25.0 Å². The average Bonchev–Trinajstić information content (AvgIpc) is 2.84. The third-order valence-electron chi connectivity index (χ3n) is 4.27. The van der Waals surface area contributed by atoms with Gasteiger partial charge in [0.25, 0.3) is 5.91 Å². The summed E-state index contributed by atoms with van der Waals surface area (Å²) in [7, 11) is 0. The van der Waals surface area contributed by atoms with Gasteiger partial charge in [-0.15, -0.1) is 0 Å². The summed E-state index contributed by atoms with van der Waals surface area (Å²) in [5, 5.41) is 3.24. The van der Waals surface area contributed by atoms with Gasteiger partial charge in [-0.05, 0) is 43.7 Å². The van der Waals surface area contributed by atoms with E-state index in [0.717, 1.165) is 17.0 Å². The van der Waals surface area contributed by atoms with Crippen LogP contribution in [0, 0.1) is 6.92 Å². The number of ether oxygens (including phenoxy) is 1. The Balaban J connectivity index is 1.65. The number of anilines is 1. The van der Waals surface area contributed by atoms with Gasteiger partial charge in [-0.3, -0.25) is 9.59 Å².